The molecular weight excluding hydrogens is 275 g/mol. The highest BCUT2D eigenvalue weighted by molar-refractivity contribution is 7.99. The standard InChI is InChI=1S/C12H8F3N3S/c1-18-7-10(6-17-18)19-9-3-2-8(5-16)11(4-9)12(13,14)15/h2-4,6-7H,1H3. The Morgan fingerprint density at radius 1 is 1.32 bits per heavy atom. The van der Waals surface area contributed by atoms with Crippen LogP contribution in [0.4, 0.5) is 13.2 Å². The van der Waals surface area contributed by atoms with E-state index in [1.54, 1.807) is 30.2 Å². The highest BCUT2D eigenvalue weighted by Gasteiger charge is 2.33. The maximum atomic E-state index is 12.8. The Morgan fingerprint density at radius 3 is 2.58 bits per heavy atom. The average molecular weight is 283 g/mol. The Hall–Kier alpha value is -1.94. The molecule has 0 aliphatic rings. The SMILES string of the molecule is Cn1cc(Sc2ccc(C#N)c(C(F)(F)F)c2)cn1. The number of alkyl halides is 3. The Bertz CT molecular complexity index is 640. The lowest BCUT2D eigenvalue weighted by Crippen LogP contribution is -2.07. The van der Waals surface area contributed by atoms with E-state index >= 15 is 0 Å². The molecule has 0 fully saturated rings. The molecule has 0 radical (unpaired) electrons. The number of nitrogens with zero attached hydrogens (tertiary/aromatic N) is 3. The van der Waals surface area contributed by atoms with Crippen LogP contribution < -0.4 is 0 Å². The van der Waals surface area contributed by atoms with Crippen molar-refractivity contribution >= 4 is 11.8 Å². The fourth-order valence-corrected chi connectivity index (χ4v) is 2.40. The molecule has 0 saturated carbocycles. The molecule has 1 aromatic heterocycles. The number of benzene rings is 1. The Balaban J connectivity index is 2.36. The predicted molar refractivity (Wildman–Crippen MR) is 63.5 cm³/mol. The summed E-state index contributed by atoms with van der Waals surface area (Å²) in [5.74, 6) is 0. The van der Waals surface area contributed by atoms with Gasteiger partial charge in [-0.1, -0.05) is 11.8 Å². The van der Waals surface area contributed by atoms with Crippen molar-refractivity contribution in [2.24, 2.45) is 7.05 Å². The van der Waals surface area contributed by atoms with Gasteiger partial charge in [-0.3, -0.25) is 4.68 Å². The number of aryl methyl sites for hydroxylation is 1. The molecular formula is C12H8F3N3S. The molecule has 2 aromatic rings. The van der Waals surface area contributed by atoms with Gasteiger partial charge in [0.25, 0.3) is 0 Å². The molecule has 0 unspecified atom stereocenters. The van der Waals surface area contributed by atoms with Crippen LogP contribution in [0.5, 0.6) is 0 Å². The van der Waals surface area contributed by atoms with Crippen LogP contribution in [0.3, 0.4) is 0 Å². The smallest absolute Gasteiger partial charge is 0.275 e. The van der Waals surface area contributed by atoms with E-state index < -0.39 is 11.7 Å². The summed E-state index contributed by atoms with van der Waals surface area (Å²) in [6.45, 7) is 0. The topological polar surface area (TPSA) is 41.6 Å². The van der Waals surface area contributed by atoms with Crippen LogP contribution in [0, 0.1) is 11.3 Å². The molecule has 0 N–H and O–H groups in total. The Morgan fingerprint density at radius 2 is 2.05 bits per heavy atom. The lowest BCUT2D eigenvalue weighted by molar-refractivity contribution is -0.137. The van der Waals surface area contributed by atoms with E-state index in [2.05, 4.69) is 5.10 Å². The fraction of sp³-hybridized carbons (Fsp3) is 0.167. The third-order valence-corrected chi connectivity index (χ3v) is 3.27. The van der Waals surface area contributed by atoms with Crippen molar-refractivity contribution in [3.05, 3.63) is 41.7 Å². The minimum atomic E-state index is -4.53. The molecule has 0 atom stereocenters. The van der Waals surface area contributed by atoms with Crippen molar-refractivity contribution in [2.45, 2.75) is 16.0 Å². The quantitative estimate of drug-likeness (QED) is 0.847. The summed E-state index contributed by atoms with van der Waals surface area (Å²) in [6.07, 6.45) is -1.26. The van der Waals surface area contributed by atoms with Crippen LogP contribution in [0.15, 0.2) is 40.4 Å². The van der Waals surface area contributed by atoms with Crippen LogP contribution in [-0.2, 0) is 13.2 Å². The van der Waals surface area contributed by atoms with Gasteiger partial charge in [0, 0.05) is 18.1 Å². The summed E-state index contributed by atoms with van der Waals surface area (Å²) in [5, 5.41) is 12.6. The molecule has 0 saturated heterocycles. The van der Waals surface area contributed by atoms with Gasteiger partial charge in [-0.2, -0.15) is 23.5 Å². The van der Waals surface area contributed by atoms with Crippen molar-refractivity contribution < 1.29 is 13.2 Å². The van der Waals surface area contributed by atoms with Crippen LogP contribution in [-0.4, -0.2) is 9.78 Å². The summed E-state index contributed by atoms with van der Waals surface area (Å²) in [6, 6.07) is 5.21. The van der Waals surface area contributed by atoms with Crippen molar-refractivity contribution in [1.82, 2.24) is 9.78 Å². The van der Waals surface area contributed by atoms with Crippen molar-refractivity contribution in [1.29, 1.82) is 5.26 Å². The van der Waals surface area contributed by atoms with Gasteiger partial charge in [0.2, 0.25) is 0 Å². The number of rotatable bonds is 2. The van der Waals surface area contributed by atoms with Gasteiger partial charge in [0.05, 0.1) is 28.3 Å². The van der Waals surface area contributed by atoms with E-state index in [0.29, 0.717) is 4.90 Å². The lowest BCUT2D eigenvalue weighted by atomic mass is 10.1. The van der Waals surface area contributed by atoms with E-state index in [9.17, 15) is 13.2 Å². The monoisotopic (exact) mass is 283 g/mol. The third kappa shape index (κ3) is 3.09. The largest absolute Gasteiger partial charge is 0.417 e. The summed E-state index contributed by atoms with van der Waals surface area (Å²) >= 11 is 1.17. The highest BCUT2D eigenvalue weighted by atomic mass is 32.2. The molecule has 0 amide bonds. The van der Waals surface area contributed by atoms with Gasteiger partial charge in [-0.15, -0.1) is 0 Å². The van der Waals surface area contributed by atoms with E-state index in [4.69, 9.17) is 5.26 Å². The second kappa shape index (κ2) is 4.97. The minimum Gasteiger partial charge on any atom is -0.275 e. The van der Waals surface area contributed by atoms with Crippen LogP contribution in [0.1, 0.15) is 11.1 Å². The zero-order valence-electron chi connectivity index (χ0n) is 9.77. The number of hydrogen-bond donors (Lipinski definition) is 0. The van der Waals surface area contributed by atoms with Crippen LogP contribution >= 0.6 is 11.8 Å². The molecule has 3 nitrogen and oxygen atoms in total. The van der Waals surface area contributed by atoms with Crippen LogP contribution in [0.25, 0.3) is 0 Å². The molecule has 0 aliphatic heterocycles. The molecule has 19 heavy (non-hydrogen) atoms. The molecule has 0 aliphatic carbocycles. The molecule has 1 heterocycles. The van der Waals surface area contributed by atoms with Gasteiger partial charge in [0.15, 0.2) is 0 Å². The normalized spacial score (nSPS) is 11.3. The van der Waals surface area contributed by atoms with Crippen LogP contribution in [0.2, 0.25) is 0 Å². The van der Waals surface area contributed by atoms with Gasteiger partial charge in [-0.05, 0) is 18.2 Å². The van der Waals surface area contributed by atoms with Gasteiger partial charge >= 0.3 is 6.18 Å². The number of halogens is 3. The van der Waals surface area contributed by atoms with E-state index in [0.717, 1.165) is 11.0 Å². The van der Waals surface area contributed by atoms with E-state index in [1.165, 1.54) is 23.9 Å². The van der Waals surface area contributed by atoms with E-state index in [1.807, 2.05) is 0 Å². The second-order valence-corrected chi connectivity index (χ2v) is 4.92. The molecule has 7 heteroatoms. The van der Waals surface area contributed by atoms with Gasteiger partial charge in [0.1, 0.15) is 0 Å². The second-order valence-electron chi connectivity index (χ2n) is 3.77. The Labute approximate surface area is 111 Å². The van der Waals surface area contributed by atoms with Gasteiger partial charge < -0.3 is 0 Å². The Kier molecular flexibility index (Phi) is 3.53. The predicted octanol–water partition coefficient (Wildman–Crippen LogP) is 3.46. The first-order valence-corrected chi connectivity index (χ1v) is 5.99. The molecule has 0 spiro atoms. The summed E-state index contributed by atoms with van der Waals surface area (Å²) in [4.78, 5) is 1.15. The van der Waals surface area contributed by atoms with Gasteiger partial charge in [-0.25, -0.2) is 0 Å². The molecule has 1 aromatic carbocycles. The zero-order valence-corrected chi connectivity index (χ0v) is 10.6. The number of aromatic nitrogens is 2. The van der Waals surface area contributed by atoms with Crippen molar-refractivity contribution in [3.8, 4) is 6.07 Å². The summed E-state index contributed by atoms with van der Waals surface area (Å²) < 4.78 is 39.9. The summed E-state index contributed by atoms with van der Waals surface area (Å²) in [5.41, 5.74) is -1.29. The average Bonchev–Trinajstić information content (AvgIpc) is 2.73. The maximum absolute atomic E-state index is 12.8. The van der Waals surface area contributed by atoms with Crippen molar-refractivity contribution in [3.63, 3.8) is 0 Å². The fourth-order valence-electron chi connectivity index (χ4n) is 1.51. The lowest BCUT2D eigenvalue weighted by Gasteiger charge is -2.10. The number of hydrogen-bond acceptors (Lipinski definition) is 3. The molecule has 0 bridgehead atoms. The first-order valence-electron chi connectivity index (χ1n) is 5.18. The first-order chi connectivity index (χ1) is 8.90. The zero-order chi connectivity index (χ0) is 14.0. The summed E-state index contributed by atoms with van der Waals surface area (Å²) in [7, 11) is 1.73. The first kappa shape index (κ1) is 13.5. The molecule has 98 valence electrons. The molecule has 2 rings (SSSR count). The number of nitriles is 1. The minimum absolute atomic E-state index is 0.372. The highest BCUT2D eigenvalue weighted by Crippen LogP contribution is 2.36. The van der Waals surface area contributed by atoms with Crippen molar-refractivity contribution in [2.75, 3.05) is 0 Å². The van der Waals surface area contributed by atoms with E-state index in [-0.39, 0.29) is 5.56 Å². The maximum Gasteiger partial charge on any atom is 0.417 e. The third-order valence-electron chi connectivity index (χ3n) is 2.33.